The second kappa shape index (κ2) is 9.01. The Hall–Kier alpha value is -3.37. The molecule has 1 aliphatic carbocycles. The van der Waals surface area contributed by atoms with Crippen LogP contribution in [0, 0.1) is 0 Å². The van der Waals surface area contributed by atoms with Crippen LogP contribution >= 0.6 is 0 Å². The van der Waals surface area contributed by atoms with E-state index in [9.17, 15) is 5.11 Å². The highest BCUT2D eigenvalue weighted by Crippen LogP contribution is 2.28. The van der Waals surface area contributed by atoms with E-state index in [1.807, 2.05) is 12.1 Å². The van der Waals surface area contributed by atoms with Crippen LogP contribution < -0.4 is 5.62 Å². The highest BCUT2D eigenvalue weighted by atomic mass is 16.3. The molecule has 0 radical (unpaired) electrons. The van der Waals surface area contributed by atoms with E-state index in [0.29, 0.717) is 0 Å². The summed E-state index contributed by atoms with van der Waals surface area (Å²) in [5.41, 5.74) is 9.08. The fourth-order valence-corrected chi connectivity index (χ4v) is 4.56. The predicted octanol–water partition coefficient (Wildman–Crippen LogP) is 5.71. The van der Waals surface area contributed by atoms with Crippen molar-refractivity contribution in [1.29, 1.82) is 0 Å². The van der Waals surface area contributed by atoms with Gasteiger partial charge in [0.25, 0.3) is 0 Å². The van der Waals surface area contributed by atoms with Crippen molar-refractivity contribution in [1.82, 2.24) is 9.13 Å². The van der Waals surface area contributed by atoms with Crippen LogP contribution in [-0.4, -0.2) is 14.2 Å². The van der Waals surface area contributed by atoms with Gasteiger partial charge in [-0.25, -0.2) is 4.99 Å². The molecule has 4 nitrogen and oxygen atoms in total. The van der Waals surface area contributed by atoms with Gasteiger partial charge < -0.3 is 14.2 Å². The van der Waals surface area contributed by atoms with Crippen LogP contribution in [0.1, 0.15) is 42.4 Å². The van der Waals surface area contributed by atoms with Gasteiger partial charge in [-0.15, -0.1) is 0 Å². The molecule has 0 atom stereocenters. The largest absolute Gasteiger partial charge is 0.392 e. The van der Waals surface area contributed by atoms with E-state index in [4.69, 9.17) is 4.99 Å². The van der Waals surface area contributed by atoms with Gasteiger partial charge in [0.05, 0.1) is 29.9 Å². The number of aryl methyl sites for hydroxylation is 1. The molecule has 4 aromatic rings. The number of hydrogen-bond donors (Lipinski definition) is 1. The first-order valence-electron chi connectivity index (χ1n) is 11.4. The fourth-order valence-electron chi connectivity index (χ4n) is 4.56. The first-order valence-corrected chi connectivity index (χ1v) is 11.4. The maximum Gasteiger partial charge on any atom is 0.211 e. The number of para-hydroxylation sites is 2. The molecule has 1 N–H and O–H groups in total. The Morgan fingerprint density at radius 3 is 2.25 bits per heavy atom. The van der Waals surface area contributed by atoms with Crippen molar-refractivity contribution in [3.8, 4) is 0 Å². The normalized spacial score (nSPS) is 14.7. The zero-order valence-corrected chi connectivity index (χ0v) is 18.5. The van der Waals surface area contributed by atoms with E-state index in [1.54, 1.807) is 0 Å². The zero-order valence-electron chi connectivity index (χ0n) is 18.5. The Kier molecular flexibility index (Phi) is 5.78. The predicted molar refractivity (Wildman–Crippen MR) is 130 cm³/mol. The third-order valence-electron chi connectivity index (χ3n) is 6.38. The summed E-state index contributed by atoms with van der Waals surface area (Å²) in [4.78, 5) is 5.06. The minimum absolute atomic E-state index is 0.0647. The number of hydrogen-bond acceptors (Lipinski definition) is 2. The first kappa shape index (κ1) is 20.5. The van der Waals surface area contributed by atoms with Gasteiger partial charge in [-0.05, 0) is 72.2 Å². The molecule has 1 aliphatic rings. The van der Waals surface area contributed by atoms with Gasteiger partial charge >= 0.3 is 0 Å². The van der Waals surface area contributed by atoms with Crippen molar-refractivity contribution in [3.63, 3.8) is 0 Å². The molecule has 162 valence electrons. The van der Waals surface area contributed by atoms with E-state index < -0.39 is 0 Å². The van der Waals surface area contributed by atoms with Crippen LogP contribution in [-0.2, 0) is 20.2 Å². The molecule has 0 fully saturated rings. The molecule has 0 saturated carbocycles. The molecule has 0 saturated heterocycles. The molecule has 1 aromatic heterocycles. The molecule has 4 heteroatoms. The second-order valence-electron chi connectivity index (χ2n) is 8.54. The molecule has 1 heterocycles. The molecule has 0 amide bonds. The van der Waals surface area contributed by atoms with Crippen LogP contribution in [0.3, 0.4) is 0 Å². The van der Waals surface area contributed by atoms with Gasteiger partial charge in [-0.3, -0.25) is 0 Å². The lowest BCUT2D eigenvalue weighted by Gasteiger charge is -2.12. The lowest BCUT2D eigenvalue weighted by Crippen LogP contribution is -2.24. The van der Waals surface area contributed by atoms with Crippen molar-refractivity contribution < 1.29 is 5.11 Å². The molecular formula is C28H29N3O. The van der Waals surface area contributed by atoms with E-state index in [1.165, 1.54) is 42.4 Å². The van der Waals surface area contributed by atoms with Crippen LogP contribution in [0.25, 0.3) is 16.6 Å². The third-order valence-corrected chi connectivity index (χ3v) is 6.38. The summed E-state index contributed by atoms with van der Waals surface area (Å²) in [6, 6.07) is 25.2. The molecule has 0 unspecified atom stereocenters. The minimum atomic E-state index is 0.0647. The summed E-state index contributed by atoms with van der Waals surface area (Å²) >= 11 is 0. The molecular weight excluding hydrogens is 394 g/mol. The van der Waals surface area contributed by atoms with Gasteiger partial charge in [0.2, 0.25) is 5.62 Å². The number of aromatic nitrogens is 2. The molecule has 0 spiro atoms. The van der Waals surface area contributed by atoms with Crippen LogP contribution in [0.4, 0.5) is 5.69 Å². The van der Waals surface area contributed by atoms with Gasteiger partial charge in [0, 0.05) is 7.05 Å². The molecule has 5 rings (SSSR count). The van der Waals surface area contributed by atoms with E-state index in [-0.39, 0.29) is 6.61 Å². The van der Waals surface area contributed by atoms with Gasteiger partial charge in [0.15, 0.2) is 0 Å². The SMILES string of the molecule is Cn1/c(=N\c2ccc(C3=CCCCC3)cc2)n(Cc2ccc(CO)cc2)c2ccccc21. The average molecular weight is 424 g/mol. The number of fused-ring (bicyclic) bond motifs is 1. The summed E-state index contributed by atoms with van der Waals surface area (Å²) < 4.78 is 4.43. The first-order chi connectivity index (χ1) is 15.7. The van der Waals surface area contributed by atoms with Crippen molar-refractivity contribution in [2.24, 2.45) is 12.0 Å². The van der Waals surface area contributed by atoms with E-state index >= 15 is 0 Å². The lowest BCUT2D eigenvalue weighted by atomic mass is 9.94. The molecule has 0 aliphatic heterocycles. The van der Waals surface area contributed by atoms with Crippen molar-refractivity contribution >= 4 is 22.3 Å². The average Bonchev–Trinajstić information content (AvgIpc) is 3.11. The summed E-state index contributed by atoms with van der Waals surface area (Å²) in [6.45, 7) is 0.784. The standard InChI is InChI=1S/C28H29N3O/c1-30-26-9-5-6-10-27(26)31(19-21-11-13-22(20-32)14-12-21)28(30)29-25-17-15-24(16-18-25)23-7-3-2-4-8-23/h5-7,9-18,32H,2-4,8,19-20H2,1H3/b29-28+. The number of nitrogens with zero attached hydrogens (tertiary/aromatic N) is 3. The zero-order chi connectivity index (χ0) is 21.9. The molecule has 0 bridgehead atoms. The molecule has 3 aromatic carbocycles. The highest BCUT2D eigenvalue weighted by Gasteiger charge is 2.10. The monoisotopic (exact) mass is 423 g/mol. The highest BCUT2D eigenvalue weighted by molar-refractivity contribution is 5.76. The summed E-state index contributed by atoms with van der Waals surface area (Å²) in [5.74, 6) is 0. The fraction of sp³-hybridized carbons (Fsp3) is 0.250. The number of rotatable bonds is 5. The maximum absolute atomic E-state index is 9.35. The Morgan fingerprint density at radius 2 is 1.56 bits per heavy atom. The lowest BCUT2D eigenvalue weighted by molar-refractivity contribution is 0.282. The molecule has 32 heavy (non-hydrogen) atoms. The Morgan fingerprint density at radius 1 is 0.844 bits per heavy atom. The topological polar surface area (TPSA) is 42.5 Å². The van der Waals surface area contributed by atoms with Crippen molar-refractivity contribution in [2.75, 3.05) is 0 Å². The van der Waals surface area contributed by atoms with Crippen molar-refractivity contribution in [2.45, 2.75) is 38.8 Å². The number of aliphatic hydroxyl groups excluding tert-OH is 1. The van der Waals surface area contributed by atoms with E-state index in [0.717, 1.165) is 34.4 Å². The van der Waals surface area contributed by atoms with Crippen LogP contribution in [0.5, 0.6) is 0 Å². The third kappa shape index (κ3) is 4.06. The Balaban J connectivity index is 1.56. The minimum Gasteiger partial charge on any atom is -0.392 e. The van der Waals surface area contributed by atoms with Gasteiger partial charge in [0.1, 0.15) is 0 Å². The summed E-state index contributed by atoms with van der Waals surface area (Å²) in [5, 5.41) is 9.35. The van der Waals surface area contributed by atoms with Crippen molar-refractivity contribution in [3.05, 3.63) is 101 Å². The number of imidazole rings is 1. The van der Waals surface area contributed by atoms with Gasteiger partial charge in [-0.2, -0.15) is 0 Å². The number of benzene rings is 3. The van der Waals surface area contributed by atoms with Crippen LogP contribution in [0.2, 0.25) is 0 Å². The number of allylic oxidation sites excluding steroid dienone is 2. The Labute approximate surface area is 188 Å². The smallest absolute Gasteiger partial charge is 0.211 e. The van der Waals surface area contributed by atoms with Crippen LogP contribution in [0.15, 0.2) is 83.9 Å². The summed E-state index contributed by atoms with van der Waals surface area (Å²) in [7, 11) is 2.08. The summed E-state index contributed by atoms with van der Waals surface area (Å²) in [6.07, 6.45) is 7.34. The second-order valence-corrected chi connectivity index (χ2v) is 8.54. The Bertz CT molecular complexity index is 1320. The number of aliphatic hydroxyl groups is 1. The van der Waals surface area contributed by atoms with Gasteiger partial charge in [-0.1, -0.05) is 54.6 Å². The van der Waals surface area contributed by atoms with E-state index in [2.05, 4.69) is 82.9 Å². The maximum atomic E-state index is 9.35. The quantitative estimate of drug-likeness (QED) is 0.439.